The Morgan fingerprint density at radius 2 is 2.11 bits per heavy atom. The standard InChI is InChI=1S/C13H15ClN2O3/c1-8(2)15(9-3-4-9)13(17)11-6-5-10(16(18)19)7-12(11)14/h5-9H,3-4H2,1-2H3. The van der Waals surface area contributed by atoms with Gasteiger partial charge in [0, 0.05) is 24.2 Å². The molecule has 2 rings (SSSR count). The number of nitro benzene ring substituents is 1. The van der Waals surface area contributed by atoms with E-state index >= 15 is 0 Å². The molecule has 19 heavy (non-hydrogen) atoms. The number of hydrogen-bond acceptors (Lipinski definition) is 3. The molecule has 1 aromatic rings. The van der Waals surface area contributed by atoms with E-state index < -0.39 is 4.92 Å². The molecule has 1 amide bonds. The molecular weight excluding hydrogens is 268 g/mol. The molecule has 1 aromatic carbocycles. The van der Waals surface area contributed by atoms with Crippen LogP contribution in [0.5, 0.6) is 0 Å². The molecule has 0 unspecified atom stereocenters. The molecule has 0 atom stereocenters. The SMILES string of the molecule is CC(C)N(C(=O)c1ccc([N+](=O)[O-])cc1Cl)C1CC1. The number of carbonyl (C=O) groups is 1. The van der Waals surface area contributed by atoms with Crippen molar-refractivity contribution in [2.75, 3.05) is 0 Å². The topological polar surface area (TPSA) is 63.5 Å². The van der Waals surface area contributed by atoms with Crippen LogP contribution in [0.2, 0.25) is 5.02 Å². The minimum atomic E-state index is -0.527. The number of rotatable bonds is 4. The Hall–Kier alpha value is -1.62. The highest BCUT2D eigenvalue weighted by Gasteiger charge is 2.35. The predicted molar refractivity (Wildman–Crippen MR) is 72.4 cm³/mol. The maximum atomic E-state index is 12.4. The Morgan fingerprint density at radius 1 is 1.47 bits per heavy atom. The molecule has 1 saturated carbocycles. The van der Waals surface area contributed by atoms with Crippen molar-refractivity contribution in [3.63, 3.8) is 0 Å². The Bertz CT molecular complexity index is 525. The zero-order valence-electron chi connectivity index (χ0n) is 10.8. The van der Waals surface area contributed by atoms with E-state index in [1.165, 1.54) is 18.2 Å². The summed E-state index contributed by atoms with van der Waals surface area (Å²) in [4.78, 5) is 24.4. The van der Waals surface area contributed by atoms with E-state index in [0.29, 0.717) is 5.56 Å². The van der Waals surface area contributed by atoms with Crippen molar-refractivity contribution in [3.05, 3.63) is 38.9 Å². The lowest BCUT2D eigenvalue weighted by Gasteiger charge is -2.27. The first-order chi connectivity index (χ1) is 8.91. The highest BCUT2D eigenvalue weighted by Crippen LogP contribution is 2.32. The fraction of sp³-hybridized carbons (Fsp3) is 0.462. The van der Waals surface area contributed by atoms with Gasteiger partial charge in [-0.05, 0) is 32.8 Å². The summed E-state index contributed by atoms with van der Waals surface area (Å²) in [5.74, 6) is -0.155. The third kappa shape index (κ3) is 2.87. The molecule has 1 aliphatic carbocycles. The molecule has 0 saturated heterocycles. The van der Waals surface area contributed by atoms with Crippen molar-refractivity contribution in [1.82, 2.24) is 4.90 Å². The van der Waals surface area contributed by atoms with Crippen LogP contribution >= 0.6 is 11.6 Å². The van der Waals surface area contributed by atoms with E-state index in [9.17, 15) is 14.9 Å². The molecule has 1 fully saturated rings. The van der Waals surface area contributed by atoms with Gasteiger partial charge in [-0.15, -0.1) is 0 Å². The lowest BCUT2D eigenvalue weighted by Crippen LogP contribution is -2.38. The van der Waals surface area contributed by atoms with Crippen LogP contribution in [0.3, 0.4) is 0 Å². The van der Waals surface area contributed by atoms with Gasteiger partial charge in [-0.1, -0.05) is 11.6 Å². The highest BCUT2D eigenvalue weighted by molar-refractivity contribution is 6.34. The van der Waals surface area contributed by atoms with Gasteiger partial charge < -0.3 is 4.90 Å². The molecule has 0 radical (unpaired) electrons. The van der Waals surface area contributed by atoms with Crippen molar-refractivity contribution < 1.29 is 9.72 Å². The van der Waals surface area contributed by atoms with E-state index in [1.807, 2.05) is 13.8 Å². The van der Waals surface area contributed by atoms with Gasteiger partial charge in [-0.2, -0.15) is 0 Å². The van der Waals surface area contributed by atoms with Gasteiger partial charge in [0.05, 0.1) is 15.5 Å². The Kier molecular flexibility index (Phi) is 3.75. The summed E-state index contributed by atoms with van der Waals surface area (Å²) < 4.78 is 0. The molecule has 6 heteroatoms. The summed E-state index contributed by atoms with van der Waals surface area (Å²) in [6.07, 6.45) is 2.02. The number of nitrogens with zero attached hydrogens (tertiary/aromatic N) is 2. The van der Waals surface area contributed by atoms with E-state index in [1.54, 1.807) is 4.90 Å². The number of carbonyl (C=O) groups excluding carboxylic acids is 1. The number of nitro groups is 1. The van der Waals surface area contributed by atoms with Crippen LogP contribution in [-0.2, 0) is 0 Å². The number of amides is 1. The summed E-state index contributed by atoms with van der Waals surface area (Å²) in [5, 5.41) is 10.8. The molecule has 0 aliphatic heterocycles. The second-order valence-corrected chi connectivity index (χ2v) is 5.37. The van der Waals surface area contributed by atoms with Gasteiger partial charge >= 0.3 is 0 Å². The van der Waals surface area contributed by atoms with Gasteiger partial charge in [0.2, 0.25) is 0 Å². The summed E-state index contributed by atoms with van der Waals surface area (Å²) in [6, 6.07) is 4.33. The van der Waals surface area contributed by atoms with E-state index in [-0.39, 0.29) is 28.7 Å². The van der Waals surface area contributed by atoms with E-state index in [4.69, 9.17) is 11.6 Å². The Balaban J connectivity index is 2.30. The Labute approximate surface area is 116 Å². The van der Waals surface area contributed by atoms with Crippen molar-refractivity contribution in [1.29, 1.82) is 0 Å². The molecule has 1 aliphatic rings. The van der Waals surface area contributed by atoms with Crippen LogP contribution in [0.4, 0.5) is 5.69 Å². The average molecular weight is 283 g/mol. The number of benzene rings is 1. The molecular formula is C13H15ClN2O3. The summed E-state index contributed by atoms with van der Waals surface area (Å²) in [7, 11) is 0. The summed E-state index contributed by atoms with van der Waals surface area (Å²) in [6.45, 7) is 3.91. The third-order valence-electron chi connectivity index (χ3n) is 3.13. The van der Waals surface area contributed by atoms with Crippen molar-refractivity contribution in [2.45, 2.75) is 38.8 Å². The third-order valence-corrected chi connectivity index (χ3v) is 3.44. The smallest absolute Gasteiger partial charge is 0.270 e. The van der Waals surface area contributed by atoms with Crippen molar-refractivity contribution >= 4 is 23.2 Å². The average Bonchev–Trinajstić information content (AvgIpc) is 3.12. The molecule has 5 nitrogen and oxygen atoms in total. The largest absolute Gasteiger partial charge is 0.333 e. The van der Waals surface area contributed by atoms with Gasteiger partial charge in [0.25, 0.3) is 11.6 Å². The normalized spacial score (nSPS) is 14.5. The first kappa shape index (κ1) is 13.8. The van der Waals surface area contributed by atoms with Crippen LogP contribution < -0.4 is 0 Å². The zero-order chi connectivity index (χ0) is 14.2. The fourth-order valence-electron chi connectivity index (χ4n) is 2.10. The molecule has 102 valence electrons. The first-order valence-corrected chi connectivity index (χ1v) is 6.56. The van der Waals surface area contributed by atoms with Gasteiger partial charge in [-0.3, -0.25) is 14.9 Å². The quantitative estimate of drug-likeness (QED) is 0.629. The molecule has 0 spiro atoms. The Morgan fingerprint density at radius 3 is 2.53 bits per heavy atom. The molecule has 0 heterocycles. The molecule has 0 aromatic heterocycles. The van der Waals surface area contributed by atoms with Crippen LogP contribution in [0.25, 0.3) is 0 Å². The minimum absolute atomic E-state index is 0.0891. The lowest BCUT2D eigenvalue weighted by molar-refractivity contribution is -0.384. The molecule has 0 bridgehead atoms. The van der Waals surface area contributed by atoms with E-state index in [0.717, 1.165) is 12.8 Å². The van der Waals surface area contributed by atoms with Crippen LogP contribution in [0.1, 0.15) is 37.0 Å². The predicted octanol–water partition coefficient (Wildman–Crippen LogP) is 3.26. The van der Waals surface area contributed by atoms with Gasteiger partial charge in [-0.25, -0.2) is 0 Å². The number of halogens is 1. The fourth-order valence-corrected chi connectivity index (χ4v) is 2.36. The second-order valence-electron chi connectivity index (χ2n) is 4.96. The molecule has 0 N–H and O–H groups in total. The monoisotopic (exact) mass is 282 g/mol. The van der Waals surface area contributed by atoms with Crippen LogP contribution in [0.15, 0.2) is 18.2 Å². The highest BCUT2D eigenvalue weighted by atomic mass is 35.5. The zero-order valence-corrected chi connectivity index (χ0v) is 11.6. The van der Waals surface area contributed by atoms with E-state index in [2.05, 4.69) is 0 Å². The van der Waals surface area contributed by atoms with Crippen molar-refractivity contribution in [2.24, 2.45) is 0 Å². The maximum Gasteiger partial charge on any atom is 0.270 e. The van der Waals surface area contributed by atoms with Crippen molar-refractivity contribution in [3.8, 4) is 0 Å². The first-order valence-electron chi connectivity index (χ1n) is 6.18. The minimum Gasteiger partial charge on any atom is -0.333 e. The lowest BCUT2D eigenvalue weighted by atomic mass is 10.1. The number of non-ortho nitro benzene ring substituents is 1. The summed E-state index contributed by atoms with van der Waals surface area (Å²) in [5.41, 5.74) is 0.219. The van der Waals surface area contributed by atoms with Gasteiger partial charge in [0.1, 0.15) is 0 Å². The van der Waals surface area contributed by atoms with Crippen LogP contribution in [0, 0.1) is 10.1 Å². The maximum absolute atomic E-state index is 12.4. The summed E-state index contributed by atoms with van der Waals surface area (Å²) >= 11 is 5.99. The van der Waals surface area contributed by atoms with Crippen LogP contribution in [-0.4, -0.2) is 27.8 Å². The second kappa shape index (κ2) is 5.17. The number of hydrogen-bond donors (Lipinski definition) is 0. The van der Waals surface area contributed by atoms with Gasteiger partial charge in [0.15, 0.2) is 0 Å².